The van der Waals surface area contributed by atoms with Gasteiger partial charge in [-0.3, -0.25) is 0 Å². The second kappa shape index (κ2) is 4.91. The largest absolute Gasteiger partial charge is 0.322 e. The number of aromatic nitrogens is 2. The number of benzene rings is 1. The zero-order chi connectivity index (χ0) is 12.4. The van der Waals surface area contributed by atoms with Crippen molar-refractivity contribution >= 4 is 27.5 Å². The minimum absolute atomic E-state index is 0.277. The lowest BCUT2D eigenvalue weighted by Gasteiger charge is -2.04. The Kier molecular flexibility index (Phi) is 3.51. The lowest BCUT2D eigenvalue weighted by Crippen LogP contribution is -1.93. The summed E-state index contributed by atoms with van der Waals surface area (Å²) in [4.78, 5) is 4.44. The van der Waals surface area contributed by atoms with Crippen molar-refractivity contribution in [2.75, 3.05) is 0 Å². The normalized spacial score (nSPS) is 10.2. The van der Waals surface area contributed by atoms with Gasteiger partial charge in [0.25, 0.3) is 0 Å². The summed E-state index contributed by atoms with van der Waals surface area (Å²) in [6.45, 7) is 0. The molecule has 2 rings (SSSR count). The Labute approximate surface area is 113 Å². The van der Waals surface area contributed by atoms with Crippen molar-refractivity contribution in [3.63, 3.8) is 0 Å². The van der Waals surface area contributed by atoms with Gasteiger partial charge in [0.05, 0.1) is 23.2 Å². The predicted molar refractivity (Wildman–Crippen MR) is 70.7 cm³/mol. The van der Waals surface area contributed by atoms with Crippen LogP contribution in [0.3, 0.4) is 0 Å². The maximum absolute atomic E-state index is 8.72. The Morgan fingerprint density at radius 1 is 1.47 bits per heavy atom. The third-order valence-corrected chi connectivity index (χ3v) is 3.77. The van der Waals surface area contributed by atoms with Gasteiger partial charge in [0.1, 0.15) is 10.4 Å². The van der Waals surface area contributed by atoms with Crippen LogP contribution in [0.15, 0.2) is 28.9 Å². The van der Waals surface area contributed by atoms with Gasteiger partial charge in [0.2, 0.25) is 0 Å². The van der Waals surface area contributed by atoms with Gasteiger partial charge in [-0.25, -0.2) is 4.98 Å². The lowest BCUT2D eigenvalue weighted by atomic mass is 10.2. The maximum atomic E-state index is 8.72. The molecule has 0 spiro atoms. The van der Waals surface area contributed by atoms with Crippen LogP contribution in [0, 0.1) is 11.3 Å². The third kappa shape index (κ3) is 2.21. The van der Waals surface area contributed by atoms with Crippen LogP contribution in [0.25, 0.3) is 11.4 Å². The average molecular weight is 311 g/mol. The summed E-state index contributed by atoms with van der Waals surface area (Å²) in [5.41, 5.74) is 1.59. The minimum atomic E-state index is 0.277. The molecule has 0 saturated heterocycles. The van der Waals surface area contributed by atoms with Crippen molar-refractivity contribution in [3.05, 3.63) is 39.6 Å². The molecule has 86 valence electrons. The first-order valence-corrected chi connectivity index (χ1v) is 6.15. The first-order valence-electron chi connectivity index (χ1n) is 4.98. The average Bonchev–Trinajstić information content (AvgIpc) is 2.59. The summed E-state index contributed by atoms with van der Waals surface area (Å²) in [5, 5.41) is 9.37. The fourth-order valence-corrected chi connectivity index (χ4v) is 2.22. The molecule has 0 aliphatic rings. The molecule has 0 aliphatic heterocycles. The molecule has 1 aromatic heterocycles. The van der Waals surface area contributed by atoms with Crippen LogP contribution in [0.4, 0.5) is 0 Å². The number of halogens is 2. The molecule has 0 bridgehead atoms. The number of hydrogen-bond acceptors (Lipinski definition) is 2. The molecular weight excluding hydrogens is 302 g/mol. The van der Waals surface area contributed by atoms with Crippen LogP contribution in [0.1, 0.15) is 5.69 Å². The predicted octanol–water partition coefficient (Wildman–Crippen LogP) is 3.57. The second-order valence-corrected chi connectivity index (χ2v) is 4.71. The van der Waals surface area contributed by atoms with Crippen molar-refractivity contribution in [1.29, 1.82) is 5.26 Å². The molecule has 17 heavy (non-hydrogen) atoms. The molecule has 1 heterocycles. The minimum Gasteiger partial charge on any atom is -0.322 e. The Balaban J connectivity index is 2.58. The molecule has 0 saturated carbocycles. The van der Waals surface area contributed by atoms with Gasteiger partial charge in [0, 0.05) is 12.6 Å². The van der Waals surface area contributed by atoms with E-state index >= 15 is 0 Å². The number of nitriles is 1. The molecule has 0 fully saturated rings. The quantitative estimate of drug-likeness (QED) is 0.851. The highest BCUT2D eigenvalue weighted by Crippen LogP contribution is 2.30. The summed E-state index contributed by atoms with van der Waals surface area (Å²) < 4.78 is 2.70. The molecule has 0 aliphatic carbocycles. The van der Waals surface area contributed by atoms with E-state index in [1.807, 2.05) is 35.9 Å². The van der Waals surface area contributed by atoms with Crippen molar-refractivity contribution in [3.8, 4) is 17.5 Å². The molecule has 0 atom stereocenters. The smallest absolute Gasteiger partial charge is 0.142 e. The van der Waals surface area contributed by atoms with E-state index in [9.17, 15) is 0 Å². The van der Waals surface area contributed by atoms with Crippen LogP contribution in [-0.4, -0.2) is 9.55 Å². The van der Waals surface area contributed by atoms with E-state index in [4.69, 9.17) is 16.9 Å². The topological polar surface area (TPSA) is 41.6 Å². The fraction of sp³-hybridized carbons (Fsp3) is 0.167. The second-order valence-electron chi connectivity index (χ2n) is 3.55. The highest BCUT2D eigenvalue weighted by atomic mass is 79.9. The molecule has 0 N–H and O–H groups in total. The fourth-order valence-electron chi connectivity index (χ4n) is 1.61. The van der Waals surface area contributed by atoms with Gasteiger partial charge in [-0.1, -0.05) is 23.7 Å². The zero-order valence-corrected chi connectivity index (χ0v) is 11.5. The van der Waals surface area contributed by atoms with Crippen LogP contribution < -0.4 is 0 Å². The zero-order valence-electron chi connectivity index (χ0n) is 9.11. The number of nitrogens with zero attached hydrogens (tertiary/aromatic N) is 3. The number of rotatable bonds is 2. The lowest BCUT2D eigenvalue weighted by molar-refractivity contribution is 0.898. The van der Waals surface area contributed by atoms with Crippen molar-refractivity contribution in [2.45, 2.75) is 6.42 Å². The standard InChI is InChI=1S/C12H9BrClN3/c1-17-11(13)10(6-7-15)16-12(17)8-4-2-3-5-9(8)14/h2-5H,6H2,1H3. The van der Waals surface area contributed by atoms with Gasteiger partial charge in [-0.15, -0.1) is 0 Å². The van der Waals surface area contributed by atoms with Crippen LogP contribution in [-0.2, 0) is 13.5 Å². The highest BCUT2D eigenvalue weighted by molar-refractivity contribution is 9.10. The van der Waals surface area contributed by atoms with Gasteiger partial charge in [-0.05, 0) is 28.1 Å². The van der Waals surface area contributed by atoms with E-state index in [2.05, 4.69) is 27.0 Å². The van der Waals surface area contributed by atoms with E-state index in [0.29, 0.717) is 5.02 Å². The Hall–Kier alpha value is -1.31. The first kappa shape index (κ1) is 12.2. The van der Waals surface area contributed by atoms with Gasteiger partial charge < -0.3 is 4.57 Å². The highest BCUT2D eigenvalue weighted by Gasteiger charge is 2.15. The Bertz CT molecular complexity index is 598. The molecule has 5 heteroatoms. The van der Waals surface area contributed by atoms with E-state index < -0.39 is 0 Å². The van der Waals surface area contributed by atoms with Gasteiger partial charge in [-0.2, -0.15) is 5.26 Å². The van der Waals surface area contributed by atoms with Crippen molar-refractivity contribution in [2.24, 2.45) is 7.05 Å². The molecule has 0 unspecified atom stereocenters. The van der Waals surface area contributed by atoms with E-state index in [1.165, 1.54) is 0 Å². The summed E-state index contributed by atoms with van der Waals surface area (Å²) in [5.74, 6) is 0.757. The van der Waals surface area contributed by atoms with E-state index in [0.717, 1.165) is 21.7 Å². The monoisotopic (exact) mass is 309 g/mol. The molecule has 0 amide bonds. The molecular formula is C12H9BrClN3. The Morgan fingerprint density at radius 2 is 2.18 bits per heavy atom. The first-order chi connectivity index (χ1) is 8.15. The summed E-state index contributed by atoms with van der Waals surface area (Å²) in [6, 6.07) is 9.61. The molecule has 0 radical (unpaired) electrons. The maximum Gasteiger partial charge on any atom is 0.142 e. The van der Waals surface area contributed by atoms with Gasteiger partial charge in [0.15, 0.2) is 0 Å². The van der Waals surface area contributed by atoms with Crippen LogP contribution in [0.2, 0.25) is 5.02 Å². The van der Waals surface area contributed by atoms with E-state index in [-0.39, 0.29) is 6.42 Å². The molecule has 1 aromatic carbocycles. The SMILES string of the molecule is Cn1c(-c2ccccc2Cl)nc(CC#N)c1Br. The van der Waals surface area contributed by atoms with Gasteiger partial charge >= 0.3 is 0 Å². The molecule has 3 nitrogen and oxygen atoms in total. The number of hydrogen-bond donors (Lipinski definition) is 0. The van der Waals surface area contributed by atoms with Crippen LogP contribution >= 0.6 is 27.5 Å². The summed E-state index contributed by atoms with van der Waals surface area (Å²) >= 11 is 9.57. The summed E-state index contributed by atoms with van der Waals surface area (Å²) in [6.07, 6.45) is 0.277. The third-order valence-electron chi connectivity index (χ3n) is 2.45. The van der Waals surface area contributed by atoms with Crippen LogP contribution in [0.5, 0.6) is 0 Å². The van der Waals surface area contributed by atoms with E-state index in [1.54, 1.807) is 0 Å². The number of imidazole rings is 1. The van der Waals surface area contributed by atoms with Crippen molar-refractivity contribution < 1.29 is 0 Å². The Morgan fingerprint density at radius 3 is 2.82 bits per heavy atom. The molecule has 2 aromatic rings. The van der Waals surface area contributed by atoms with Crippen molar-refractivity contribution in [1.82, 2.24) is 9.55 Å². The summed E-state index contributed by atoms with van der Waals surface area (Å²) in [7, 11) is 1.89.